The SMILES string of the molecule is [N-]=[N+]=Nc1ccccc1-c1cnco1. The summed E-state index contributed by atoms with van der Waals surface area (Å²) in [5, 5.41) is 3.56. The van der Waals surface area contributed by atoms with Gasteiger partial charge < -0.3 is 4.42 Å². The smallest absolute Gasteiger partial charge is 0.181 e. The Morgan fingerprint density at radius 1 is 1.36 bits per heavy atom. The highest BCUT2D eigenvalue weighted by Gasteiger charge is 2.04. The molecule has 5 nitrogen and oxygen atoms in total. The molecule has 5 heteroatoms. The molecule has 0 aliphatic rings. The maximum atomic E-state index is 8.35. The highest BCUT2D eigenvalue weighted by molar-refractivity contribution is 5.71. The molecular formula is C9H6N4O. The monoisotopic (exact) mass is 186 g/mol. The highest BCUT2D eigenvalue weighted by atomic mass is 16.3. The van der Waals surface area contributed by atoms with Crippen molar-refractivity contribution in [2.45, 2.75) is 0 Å². The first-order valence-corrected chi connectivity index (χ1v) is 3.95. The average Bonchev–Trinajstić information content (AvgIpc) is 2.72. The number of rotatable bonds is 2. The van der Waals surface area contributed by atoms with Crippen molar-refractivity contribution < 1.29 is 4.42 Å². The third-order valence-electron chi connectivity index (χ3n) is 1.75. The molecule has 0 amide bonds. The molecule has 1 aromatic carbocycles. The summed E-state index contributed by atoms with van der Waals surface area (Å²) < 4.78 is 5.11. The minimum atomic E-state index is 0.534. The highest BCUT2D eigenvalue weighted by Crippen LogP contribution is 2.29. The quantitative estimate of drug-likeness (QED) is 0.410. The van der Waals surface area contributed by atoms with Gasteiger partial charge in [-0.2, -0.15) is 0 Å². The standard InChI is InChI=1S/C9H6N4O/c10-13-12-8-4-2-1-3-7(8)9-5-11-6-14-9/h1-6H. The normalized spacial score (nSPS) is 9.43. The molecule has 0 saturated heterocycles. The van der Waals surface area contributed by atoms with Crippen LogP contribution in [0.15, 0.2) is 46.4 Å². The van der Waals surface area contributed by atoms with Crippen LogP contribution in [-0.2, 0) is 0 Å². The minimum Gasteiger partial charge on any atom is -0.444 e. The van der Waals surface area contributed by atoms with E-state index in [1.807, 2.05) is 12.1 Å². The number of nitrogens with zero attached hydrogens (tertiary/aromatic N) is 4. The fraction of sp³-hybridized carbons (Fsp3) is 0. The largest absolute Gasteiger partial charge is 0.444 e. The van der Waals surface area contributed by atoms with Gasteiger partial charge >= 0.3 is 0 Å². The molecule has 0 unspecified atom stereocenters. The van der Waals surface area contributed by atoms with E-state index in [1.165, 1.54) is 6.39 Å². The molecule has 68 valence electrons. The molecule has 0 saturated carbocycles. The van der Waals surface area contributed by atoms with Crippen LogP contribution in [0.25, 0.3) is 21.8 Å². The summed E-state index contributed by atoms with van der Waals surface area (Å²) in [6.07, 6.45) is 2.91. The first kappa shape index (κ1) is 8.34. The summed E-state index contributed by atoms with van der Waals surface area (Å²) in [5.74, 6) is 0.591. The molecule has 1 heterocycles. The lowest BCUT2D eigenvalue weighted by Gasteiger charge is -1.98. The topological polar surface area (TPSA) is 74.8 Å². The van der Waals surface area contributed by atoms with E-state index in [-0.39, 0.29) is 0 Å². The van der Waals surface area contributed by atoms with Crippen LogP contribution in [-0.4, -0.2) is 4.98 Å². The maximum Gasteiger partial charge on any atom is 0.181 e. The number of aromatic nitrogens is 1. The molecule has 0 aliphatic carbocycles. The van der Waals surface area contributed by atoms with E-state index >= 15 is 0 Å². The van der Waals surface area contributed by atoms with Gasteiger partial charge in [-0.1, -0.05) is 29.4 Å². The van der Waals surface area contributed by atoms with E-state index in [9.17, 15) is 0 Å². The number of hydrogen-bond acceptors (Lipinski definition) is 3. The van der Waals surface area contributed by atoms with E-state index in [0.717, 1.165) is 5.56 Å². The molecular weight excluding hydrogens is 180 g/mol. The summed E-state index contributed by atoms with van der Waals surface area (Å²) in [6.45, 7) is 0. The van der Waals surface area contributed by atoms with Crippen LogP contribution < -0.4 is 0 Å². The zero-order valence-electron chi connectivity index (χ0n) is 7.16. The zero-order chi connectivity index (χ0) is 9.80. The van der Waals surface area contributed by atoms with E-state index in [1.54, 1.807) is 18.3 Å². The van der Waals surface area contributed by atoms with Crippen molar-refractivity contribution in [2.24, 2.45) is 5.11 Å². The Kier molecular flexibility index (Phi) is 2.17. The van der Waals surface area contributed by atoms with Gasteiger partial charge in [0.2, 0.25) is 0 Å². The molecule has 0 atom stereocenters. The summed E-state index contributed by atoms with van der Waals surface area (Å²) in [5.41, 5.74) is 9.63. The number of benzene rings is 1. The summed E-state index contributed by atoms with van der Waals surface area (Å²) in [6, 6.07) is 7.17. The first-order valence-electron chi connectivity index (χ1n) is 3.95. The summed E-state index contributed by atoms with van der Waals surface area (Å²) in [4.78, 5) is 6.54. The molecule has 0 bridgehead atoms. The summed E-state index contributed by atoms with van der Waals surface area (Å²) >= 11 is 0. The van der Waals surface area contributed by atoms with Crippen LogP contribution in [0.3, 0.4) is 0 Å². The van der Waals surface area contributed by atoms with Crippen molar-refractivity contribution in [1.29, 1.82) is 0 Å². The first-order chi connectivity index (χ1) is 6.92. The van der Waals surface area contributed by atoms with E-state index in [4.69, 9.17) is 9.95 Å². The van der Waals surface area contributed by atoms with Crippen molar-refractivity contribution in [2.75, 3.05) is 0 Å². The Balaban J connectivity index is 2.57. The second kappa shape index (κ2) is 3.64. The van der Waals surface area contributed by atoms with Crippen LogP contribution in [0.1, 0.15) is 0 Å². The second-order valence-electron chi connectivity index (χ2n) is 2.57. The molecule has 0 spiro atoms. The molecule has 0 aliphatic heterocycles. The second-order valence-corrected chi connectivity index (χ2v) is 2.57. The Morgan fingerprint density at radius 2 is 2.21 bits per heavy atom. The van der Waals surface area contributed by atoms with Gasteiger partial charge in [-0.05, 0) is 5.53 Å². The van der Waals surface area contributed by atoms with Crippen molar-refractivity contribution in [3.8, 4) is 11.3 Å². The molecule has 1 aromatic heterocycles. The van der Waals surface area contributed by atoms with E-state index in [0.29, 0.717) is 11.4 Å². The lowest BCUT2D eigenvalue weighted by atomic mass is 10.1. The van der Waals surface area contributed by atoms with Crippen LogP contribution in [0.2, 0.25) is 0 Å². The molecule has 2 rings (SSSR count). The van der Waals surface area contributed by atoms with Gasteiger partial charge in [-0.3, -0.25) is 0 Å². The molecule has 0 N–H and O–H groups in total. The number of azide groups is 1. The fourth-order valence-corrected chi connectivity index (χ4v) is 1.17. The predicted octanol–water partition coefficient (Wildman–Crippen LogP) is 3.28. The van der Waals surface area contributed by atoms with E-state index < -0.39 is 0 Å². The Labute approximate surface area is 79.6 Å². The lowest BCUT2D eigenvalue weighted by molar-refractivity contribution is 0.572. The van der Waals surface area contributed by atoms with Crippen molar-refractivity contribution in [3.05, 3.63) is 47.3 Å². The number of hydrogen-bond donors (Lipinski definition) is 0. The average molecular weight is 186 g/mol. The van der Waals surface area contributed by atoms with Gasteiger partial charge in [0.25, 0.3) is 0 Å². The summed E-state index contributed by atoms with van der Waals surface area (Å²) in [7, 11) is 0. The van der Waals surface area contributed by atoms with Gasteiger partial charge in [0, 0.05) is 16.2 Å². The third-order valence-corrected chi connectivity index (χ3v) is 1.75. The van der Waals surface area contributed by atoms with Gasteiger partial charge in [0.05, 0.1) is 6.20 Å². The molecule has 0 fully saturated rings. The van der Waals surface area contributed by atoms with Crippen LogP contribution in [0, 0.1) is 0 Å². The molecule has 2 aromatic rings. The molecule has 14 heavy (non-hydrogen) atoms. The van der Waals surface area contributed by atoms with Gasteiger partial charge in [0.15, 0.2) is 12.2 Å². The lowest BCUT2D eigenvalue weighted by Crippen LogP contribution is -1.73. The predicted molar refractivity (Wildman–Crippen MR) is 50.7 cm³/mol. The third kappa shape index (κ3) is 1.44. The fourth-order valence-electron chi connectivity index (χ4n) is 1.17. The molecule has 0 radical (unpaired) electrons. The minimum absolute atomic E-state index is 0.534. The zero-order valence-corrected chi connectivity index (χ0v) is 7.16. The van der Waals surface area contributed by atoms with Gasteiger partial charge in [-0.15, -0.1) is 0 Å². The van der Waals surface area contributed by atoms with E-state index in [2.05, 4.69) is 15.0 Å². The Hall–Kier alpha value is -2.26. The van der Waals surface area contributed by atoms with Gasteiger partial charge in [0.1, 0.15) is 0 Å². The van der Waals surface area contributed by atoms with Crippen LogP contribution >= 0.6 is 0 Å². The Morgan fingerprint density at radius 3 is 2.93 bits per heavy atom. The van der Waals surface area contributed by atoms with Gasteiger partial charge in [-0.25, -0.2) is 4.98 Å². The number of oxazole rings is 1. The van der Waals surface area contributed by atoms with Crippen LogP contribution in [0.4, 0.5) is 5.69 Å². The maximum absolute atomic E-state index is 8.35. The Bertz CT molecular complexity index is 471. The van der Waals surface area contributed by atoms with Crippen molar-refractivity contribution >= 4 is 5.69 Å². The van der Waals surface area contributed by atoms with Crippen molar-refractivity contribution in [3.63, 3.8) is 0 Å². The van der Waals surface area contributed by atoms with Crippen LogP contribution in [0.5, 0.6) is 0 Å². The van der Waals surface area contributed by atoms with Crippen molar-refractivity contribution in [1.82, 2.24) is 4.98 Å².